The Morgan fingerprint density at radius 2 is 2.09 bits per heavy atom. The van der Waals surface area contributed by atoms with E-state index in [1.54, 1.807) is 37.6 Å². The molecule has 12 heteroatoms. The molecule has 1 amide bonds. The third-order valence-electron chi connectivity index (χ3n) is 5.24. The van der Waals surface area contributed by atoms with Crippen LogP contribution in [0.2, 0.25) is 5.02 Å². The van der Waals surface area contributed by atoms with Crippen LogP contribution in [0, 0.1) is 0 Å². The molecule has 0 spiro atoms. The topological polar surface area (TPSA) is 135 Å². The van der Waals surface area contributed by atoms with E-state index in [9.17, 15) is 9.59 Å². The monoisotopic (exact) mass is 487 g/mol. The fourth-order valence-corrected chi connectivity index (χ4v) is 4.48. The lowest BCUT2D eigenvalue weighted by molar-refractivity contribution is 0.179. The molecule has 4 aromatic rings. The summed E-state index contributed by atoms with van der Waals surface area (Å²) in [6, 6.07) is 4.71. The predicted octanol–water partition coefficient (Wildman–Crippen LogP) is 4.06. The van der Waals surface area contributed by atoms with Crippen LogP contribution < -0.4 is 16.2 Å². The number of hydrogen-bond donors (Lipinski definition) is 3. The van der Waals surface area contributed by atoms with Crippen LogP contribution in [0.25, 0.3) is 21.3 Å². The Kier molecular flexibility index (Phi) is 6.17. The number of rotatable bonds is 7. The molecule has 0 saturated heterocycles. The summed E-state index contributed by atoms with van der Waals surface area (Å²) >= 11 is 7.73. The van der Waals surface area contributed by atoms with E-state index >= 15 is 0 Å². The van der Waals surface area contributed by atoms with Crippen molar-refractivity contribution in [3.63, 3.8) is 0 Å². The molecule has 0 aliphatic heterocycles. The second-order valence-corrected chi connectivity index (χ2v) is 9.46. The van der Waals surface area contributed by atoms with Crippen LogP contribution in [0.3, 0.4) is 0 Å². The van der Waals surface area contributed by atoms with Gasteiger partial charge in [-0.2, -0.15) is 0 Å². The number of benzene rings is 1. The zero-order chi connectivity index (χ0) is 23.8. The third kappa shape index (κ3) is 4.74. The lowest BCUT2D eigenvalue weighted by Crippen LogP contribution is -2.44. The number of thiazole rings is 1. The minimum Gasteiger partial charge on any atom is -0.465 e. The van der Waals surface area contributed by atoms with Crippen molar-refractivity contribution in [1.82, 2.24) is 29.8 Å². The molecule has 1 unspecified atom stereocenters. The van der Waals surface area contributed by atoms with E-state index in [0.29, 0.717) is 39.5 Å². The Morgan fingerprint density at radius 3 is 2.85 bits per heavy atom. The molecule has 172 valence electrons. The lowest BCUT2D eigenvalue weighted by atomic mass is 10.0. The quantitative estimate of drug-likeness (QED) is 0.355. The van der Waals surface area contributed by atoms with E-state index in [2.05, 4.69) is 25.6 Å². The van der Waals surface area contributed by atoms with E-state index in [4.69, 9.17) is 21.7 Å². The van der Waals surface area contributed by atoms with Gasteiger partial charge in [-0.3, -0.25) is 9.36 Å². The SMILES string of the molecule is CC(Nc1ncnc2scnc12)c1nc2cccc(Cl)c2c(=O)n1CCC(C)(C)NC(=O)O. The predicted molar refractivity (Wildman–Crippen MR) is 128 cm³/mol. The molecule has 10 nitrogen and oxygen atoms in total. The maximum absolute atomic E-state index is 13.5. The largest absolute Gasteiger partial charge is 0.465 e. The van der Waals surface area contributed by atoms with E-state index < -0.39 is 17.7 Å². The van der Waals surface area contributed by atoms with Gasteiger partial charge in [-0.05, 0) is 39.3 Å². The molecule has 3 N–H and O–H groups in total. The summed E-state index contributed by atoms with van der Waals surface area (Å²) in [6.07, 6.45) is 0.690. The van der Waals surface area contributed by atoms with Gasteiger partial charge in [-0.25, -0.2) is 24.7 Å². The van der Waals surface area contributed by atoms with Crippen molar-refractivity contribution in [2.24, 2.45) is 0 Å². The van der Waals surface area contributed by atoms with Crippen molar-refractivity contribution < 1.29 is 9.90 Å². The standard InChI is InChI=1S/C21H22ClN7O3S/c1-11(26-16-15-18(24-9-23-16)33-10-25-15)17-27-13-6-4-5-12(22)14(13)19(30)29(17)8-7-21(2,3)28-20(31)32/h4-6,9-11,28H,7-8H2,1-3H3,(H,31,32)(H,23,24,26). The normalized spacial score (nSPS) is 12.7. The Hall–Kier alpha value is -3.31. The van der Waals surface area contributed by atoms with Gasteiger partial charge in [-0.15, -0.1) is 11.3 Å². The van der Waals surface area contributed by atoms with Gasteiger partial charge in [0.1, 0.15) is 22.5 Å². The summed E-state index contributed by atoms with van der Waals surface area (Å²) in [5.41, 5.74) is 1.77. The van der Waals surface area contributed by atoms with Crippen molar-refractivity contribution >= 4 is 56.1 Å². The van der Waals surface area contributed by atoms with Crippen molar-refractivity contribution in [2.75, 3.05) is 5.32 Å². The number of nitrogens with zero attached hydrogens (tertiary/aromatic N) is 5. The Balaban J connectivity index is 1.77. The molecule has 0 fully saturated rings. The van der Waals surface area contributed by atoms with Gasteiger partial charge in [0.05, 0.1) is 27.5 Å². The highest BCUT2D eigenvalue weighted by molar-refractivity contribution is 7.16. The average molecular weight is 488 g/mol. The van der Waals surface area contributed by atoms with Gasteiger partial charge in [-0.1, -0.05) is 17.7 Å². The maximum Gasteiger partial charge on any atom is 0.405 e. The molecule has 4 rings (SSSR count). The molecule has 0 aliphatic rings. The van der Waals surface area contributed by atoms with Crippen molar-refractivity contribution in [2.45, 2.75) is 45.3 Å². The number of amides is 1. The van der Waals surface area contributed by atoms with Gasteiger partial charge in [0.25, 0.3) is 5.56 Å². The zero-order valence-electron chi connectivity index (χ0n) is 18.2. The highest BCUT2D eigenvalue weighted by Crippen LogP contribution is 2.26. The van der Waals surface area contributed by atoms with Gasteiger partial charge in [0, 0.05) is 12.1 Å². The van der Waals surface area contributed by atoms with Gasteiger partial charge in [0.2, 0.25) is 0 Å². The van der Waals surface area contributed by atoms with Gasteiger partial charge >= 0.3 is 6.09 Å². The summed E-state index contributed by atoms with van der Waals surface area (Å²) in [4.78, 5) is 42.9. The van der Waals surface area contributed by atoms with E-state index in [0.717, 1.165) is 4.83 Å². The molecule has 0 bridgehead atoms. The second-order valence-electron chi connectivity index (χ2n) is 8.22. The number of fused-ring (bicyclic) bond motifs is 2. The first-order valence-electron chi connectivity index (χ1n) is 10.2. The van der Waals surface area contributed by atoms with Crippen LogP contribution in [0.15, 0.2) is 34.8 Å². The molecule has 33 heavy (non-hydrogen) atoms. The highest BCUT2D eigenvalue weighted by atomic mass is 35.5. The molecule has 3 heterocycles. The zero-order valence-corrected chi connectivity index (χ0v) is 19.7. The Labute approximate surface area is 197 Å². The summed E-state index contributed by atoms with van der Waals surface area (Å²) in [6.45, 7) is 5.62. The number of carbonyl (C=O) groups is 1. The summed E-state index contributed by atoms with van der Waals surface area (Å²) < 4.78 is 1.54. The fourth-order valence-electron chi connectivity index (χ4n) is 3.60. The Morgan fingerprint density at radius 1 is 1.30 bits per heavy atom. The number of anilines is 1. The van der Waals surface area contributed by atoms with E-state index in [1.165, 1.54) is 22.2 Å². The van der Waals surface area contributed by atoms with Crippen molar-refractivity contribution in [3.05, 3.63) is 51.2 Å². The van der Waals surface area contributed by atoms with Crippen molar-refractivity contribution in [1.29, 1.82) is 0 Å². The van der Waals surface area contributed by atoms with Crippen LogP contribution in [-0.4, -0.2) is 41.2 Å². The summed E-state index contributed by atoms with van der Waals surface area (Å²) in [5, 5.41) is 15.5. The number of carboxylic acid groups (broad SMARTS) is 1. The van der Waals surface area contributed by atoms with Crippen LogP contribution in [0.1, 0.15) is 39.1 Å². The number of halogens is 1. The fraction of sp³-hybridized carbons (Fsp3) is 0.333. The average Bonchev–Trinajstić information content (AvgIpc) is 3.22. The molecule has 3 aromatic heterocycles. The maximum atomic E-state index is 13.5. The lowest BCUT2D eigenvalue weighted by Gasteiger charge is -2.26. The van der Waals surface area contributed by atoms with Gasteiger partial charge < -0.3 is 15.7 Å². The molecular formula is C21H22ClN7O3S. The van der Waals surface area contributed by atoms with E-state index in [1.807, 2.05) is 6.92 Å². The van der Waals surface area contributed by atoms with Crippen LogP contribution in [0.5, 0.6) is 0 Å². The minimum atomic E-state index is -1.13. The summed E-state index contributed by atoms with van der Waals surface area (Å²) in [5.74, 6) is 1.01. The Bertz CT molecular complexity index is 1400. The smallest absolute Gasteiger partial charge is 0.405 e. The molecular weight excluding hydrogens is 466 g/mol. The molecule has 0 radical (unpaired) electrons. The number of nitrogens with one attached hydrogen (secondary N) is 2. The number of aromatic nitrogens is 5. The van der Waals surface area contributed by atoms with Crippen LogP contribution in [-0.2, 0) is 6.54 Å². The molecule has 1 aromatic carbocycles. The third-order valence-corrected chi connectivity index (χ3v) is 6.29. The molecule has 1 atom stereocenters. The minimum absolute atomic E-state index is 0.234. The number of hydrogen-bond acceptors (Lipinski definition) is 8. The van der Waals surface area contributed by atoms with Crippen LogP contribution >= 0.6 is 22.9 Å². The van der Waals surface area contributed by atoms with Crippen LogP contribution in [0.4, 0.5) is 10.6 Å². The van der Waals surface area contributed by atoms with E-state index in [-0.39, 0.29) is 12.1 Å². The first-order valence-corrected chi connectivity index (χ1v) is 11.4. The van der Waals surface area contributed by atoms with Gasteiger partial charge in [0.15, 0.2) is 5.82 Å². The summed E-state index contributed by atoms with van der Waals surface area (Å²) in [7, 11) is 0. The van der Waals surface area contributed by atoms with Crippen molar-refractivity contribution in [3.8, 4) is 0 Å². The molecule has 0 saturated carbocycles. The first-order chi connectivity index (χ1) is 15.7. The highest BCUT2D eigenvalue weighted by Gasteiger charge is 2.24. The first kappa shape index (κ1) is 22.9. The molecule has 0 aliphatic carbocycles. The second kappa shape index (κ2) is 8.91.